The zero-order valence-corrected chi connectivity index (χ0v) is 12.9. The summed E-state index contributed by atoms with van der Waals surface area (Å²) < 4.78 is 15.1. The monoisotopic (exact) mass is 302 g/mol. The molecule has 0 N–H and O–H groups in total. The van der Waals surface area contributed by atoms with Crippen LogP contribution in [0.2, 0.25) is 0 Å². The molecular formula is C16H15FN2OS. The summed E-state index contributed by atoms with van der Waals surface area (Å²) >= 11 is 1.44. The molecule has 0 unspecified atom stereocenters. The largest absolute Gasteiger partial charge is 0.268 e. The fraction of sp³-hybridized carbons (Fsp3) is 0.250. The van der Waals surface area contributed by atoms with Crippen LogP contribution < -0.4 is 5.56 Å². The molecule has 2 aromatic heterocycles. The van der Waals surface area contributed by atoms with Crippen molar-refractivity contribution in [2.45, 2.75) is 26.7 Å². The van der Waals surface area contributed by atoms with Crippen molar-refractivity contribution in [1.82, 2.24) is 9.38 Å². The first kappa shape index (κ1) is 13.9. The molecular weight excluding hydrogens is 287 g/mol. The van der Waals surface area contributed by atoms with Crippen molar-refractivity contribution in [3.05, 3.63) is 57.2 Å². The number of hydrogen-bond acceptors (Lipinski definition) is 3. The molecule has 0 aliphatic carbocycles. The van der Waals surface area contributed by atoms with Gasteiger partial charge < -0.3 is 0 Å². The van der Waals surface area contributed by atoms with Crippen LogP contribution in [-0.2, 0) is 0 Å². The van der Waals surface area contributed by atoms with E-state index in [9.17, 15) is 9.18 Å². The minimum atomic E-state index is -0.353. The van der Waals surface area contributed by atoms with E-state index in [1.54, 1.807) is 16.5 Å². The van der Waals surface area contributed by atoms with E-state index in [-0.39, 0.29) is 17.3 Å². The van der Waals surface area contributed by atoms with E-state index in [4.69, 9.17) is 0 Å². The maximum Gasteiger partial charge on any atom is 0.266 e. The molecule has 3 aromatic rings. The number of nitrogens with zero attached hydrogens (tertiary/aromatic N) is 2. The third-order valence-electron chi connectivity index (χ3n) is 3.43. The van der Waals surface area contributed by atoms with Gasteiger partial charge in [-0.25, -0.2) is 9.37 Å². The highest BCUT2D eigenvalue weighted by atomic mass is 32.1. The van der Waals surface area contributed by atoms with Crippen molar-refractivity contribution in [3.8, 4) is 11.1 Å². The Hall–Kier alpha value is -2.01. The van der Waals surface area contributed by atoms with Gasteiger partial charge in [0.25, 0.3) is 5.56 Å². The Labute approximate surface area is 125 Å². The molecule has 108 valence electrons. The molecule has 0 radical (unpaired) electrons. The molecule has 0 aliphatic rings. The van der Waals surface area contributed by atoms with E-state index in [1.165, 1.54) is 23.5 Å². The molecule has 0 saturated heterocycles. The third-order valence-corrected chi connectivity index (χ3v) is 4.37. The average molecular weight is 302 g/mol. The molecule has 1 aromatic carbocycles. The van der Waals surface area contributed by atoms with Gasteiger partial charge >= 0.3 is 0 Å². The van der Waals surface area contributed by atoms with E-state index in [0.717, 1.165) is 5.69 Å². The fourth-order valence-electron chi connectivity index (χ4n) is 2.43. The molecule has 3 rings (SSSR count). The number of benzene rings is 1. The minimum Gasteiger partial charge on any atom is -0.268 e. The maximum absolute atomic E-state index is 13.5. The number of fused-ring (bicyclic) bond motifs is 1. The third kappa shape index (κ3) is 2.27. The van der Waals surface area contributed by atoms with Crippen LogP contribution in [0, 0.1) is 12.7 Å². The molecule has 3 nitrogen and oxygen atoms in total. The maximum atomic E-state index is 13.5. The molecule has 0 atom stereocenters. The molecule has 21 heavy (non-hydrogen) atoms. The van der Waals surface area contributed by atoms with Gasteiger partial charge in [-0.05, 0) is 30.5 Å². The second-order valence-electron chi connectivity index (χ2n) is 5.34. The first-order valence-electron chi connectivity index (χ1n) is 6.75. The normalized spacial score (nSPS) is 11.5. The van der Waals surface area contributed by atoms with E-state index in [0.29, 0.717) is 21.8 Å². The highest BCUT2D eigenvalue weighted by Crippen LogP contribution is 2.27. The van der Waals surface area contributed by atoms with Crippen molar-refractivity contribution in [1.29, 1.82) is 0 Å². The van der Waals surface area contributed by atoms with Gasteiger partial charge in [-0.15, -0.1) is 11.3 Å². The zero-order valence-electron chi connectivity index (χ0n) is 12.1. The predicted octanol–water partition coefficient (Wildman–Crippen LogP) is 3.99. The van der Waals surface area contributed by atoms with Crippen molar-refractivity contribution in [2.24, 2.45) is 0 Å². The molecule has 0 aliphatic heterocycles. The summed E-state index contributed by atoms with van der Waals surface area (Å²) in [7, 11) is 0. The molecule has 0 amide bonds. The predicted molar refractivity (Wildman–Crippen MR) is 83.6 cm³/mol. The van der Waals surface area contributed by atoms with Crippen molar-refractivity contribution in [3.63, 3.8) is 0 Å². The van der Waals surface area contributed by atoms with Gasteiger partial charge in [0.1, 0.15) is 5.82 Å². The Balaban J connectivity index is 2.44. The highest BCUT2D eigenvalue weighted by molar-refractivity contribution is 7.15. The van der Waals surface area contributed by atoms with Crippen LogP contribution in [-0.4, -0.2) is 9.38 Å². The van der Waals surface area contributed by atoms with Gasteiger partial charge in [-0.2, -0.15) is 0 Å². The number of halogens is 1. The molecule has 0 fully saturated rings. The van der Waals surface area contributed by atoms with Crippen LogP contribution in [0.1, 0.15) is 31.2 Å². The second kappa shape index (κ2) is 5.07. The van der Waals surface area contributed by atoms with Crippen LogP contribution in [0.15, 0.2) is 34.4 Å². The molecule has 5 heteroatoms. The Bertz CT molecular complexity index is 880. The van der Waals surface area contributed by atoms with Crippen LogP contribution in [0.3, 0.4) is 0 Å². The Kier molecular flexibility index (Phi) is 3.37. The summed E-state index contributed by atoms with van der Waals surface area (Å²) in [4.78, 5) is 18.2. The number of thiazole rings is 1. The Morgan fingerprint density at radius 1 is 1.33 bits per heavy atom. The number of rotatable bonds is 2. The number of hydrogen-bond donors (Lipinski definition) is 0. The molecule has 2 heterocycles. The first-order chi connectivity index (χ1) is 9.99. The van der Waals surface area contributed by atoms with Crippen LogP contribution in [0.5, 0.6) is 0 Å². The van der Waals surface area contributed by atoms with Crippen molar-refractivity contribution in [2.75, 3.05) is 0 Å². The fourth-order valence-corrected chi connectivity index (χ4v) is 3.30. The first-order valence-corrected chi connectivity index (χ1v) is 7.63. The summed E-state index contributed by atoms with van der Waals surface area (Å²) in [5, 5.41) is 1.91. The lowest BCUT2D eigenvalue weighted by atomic mass is 9.99. The van der Waals surface area contributed by atoms with Gasteiger partial charge in [0.15, 0.2) is 4.96 Å². The summed E-state index contributed by atoms with van der Waals surface area (Å²) in [5.74, 6) is -0.267. The summed E-state index contributed by atoms with van der Waals surface area (Å²) in [6, 6.07) is 6.13. The standard InChI is InChI=1S/C16H15FN2OS/c1-9(2)14-13(11-5-4-6-12(17)7-11)15(20)19-10(3)8-21-16(19)18-14/h4-9H,1-3H3. The summed E-state index contributed by atoms with van der Waals surface area (Å²) in [6.45, 7) is 5.85. The van der Waals surface area contributed by atoms with E-state index in [1.807, 2.05) is 26.2 Å². The second-order valence-corrected chi connectivity index (χ2v) is 6.17. The van der Waals surface area contributed by atoms with E-state index < -0.39 is 0 Å². The number of aryl methyl sites for hydroxylation is 1. The summed E-state index contributed by atoms with van der Waals surface area (Å²) in [6.07, 6.45) is 0. The molecule has 0 spiro atoms. The molecule has 0 bridgehead atoms. The van der Waals surface area contributed by atoms with Crippen molar-refractivity contribution >= 4 is 16.3 Å². The Morgan fingerprint density at radius 3 is 2.76 bits per heavy atom. The minimum absolute atomic E-state index is 0.0865. The van der Waals surface area contributed by atoms with E-state index in [2.05, 4.69) is 4.98 Å². The van der Waals surface area contributed by atoms with Crippen LogP contribution in [0.4, 0.5) is 4.39 Å². The topological polar surface area (TPSA) is 34.4 Å². The van der Waals surface area contributed by atoms with Crippen LogP contribution >= 0.6 is 11.3 Å². The smallest absolute Gasteiger partial charge is 0.266 e. The lowest BCUT2D eigenvalue weighted by Crippen LogP contribution is -2.20. The van der Waals surface area contributed by atoms with Gasteiger partial charge in [-0.3, -0.25) is 9.20 Å². The van der Waals surface area contributed by atoms with Gasteiger partial charge in [0.2, 0.25) is 0 Å². The van der Waals surface area contributed by atoms with Gasteiger partial charge in [-0.1, -0.05) is 26.0 Å². The lowest BCUT2D eigenvalue weighted by molar-refractivity contribution is 0.628. The Morgan fingerprint density at radius 2 is 2.10 bits per heavy atom. The zero-order chi connectivity index (χ0) is 15.1. The summed E-state index contributed by atoms with van der Waals surface area (Å²) in [5.41, 5.74) is 2.50. The van der Waals surface area contributed by atoms with Crippen LogP contribution in [0.25, 0.3) is 16.1 Å². The average Bonchev–Trinajstić information content (AvgIpc) is 2.80. The van der Waals surface area contributed by atoms with Gasteiger partial charge in [0.05, 0.1) is 11.3 Å². The van der Waals surface area contributed by atoms with E-state index >= 15 is 0 Å². The molecule has 0 saturated carbocycles. The number of aromatic nitrogens is 2. The highest BCUT2D eigenvalue weighted by Gasteiger charge is 2.19. The van der Waals surface area contributed by atoms with Gasteiger partial charge in [0, 0.05) is 11.1 Å². The lowest BCUT2D eigenvalue weighted by Gasteiger charge is -2.12. The van der Waals surface area contributed by atoms with Crippen molar-refractivity contribution < 1.29 is 4.39 Å². The quantitative estimate of drug-likeness (QED) is 0.717. The SMILES string of the molecule is Cc1csc2nc(C(C)C)c(-c3cccc(F)c3)c(=O)n12.